The molecule has 7 nitrogen and oxygen atoms in total. The third-order valence-electron chi connectivity index (χ3n) is 6.02. The van der Waals surface area contributed by atoms with Gasteiger partial charge in [0.2, 0.25) is 0 Å². The van der Waals surface area contributed by atoms with Crippen LogP contribution in [-0.2, 0) is 12.8 Å². The van der Waals surface area contributed by atoms with Crippen LogP contribution in [-0.4, -0.2) is 31.0 Å². The van der Waals surface area contributed by atoms with Gasteiger partial charge in [-0.05, 0) is 74.8 Å². The quantitative estimate of drug-likeness (QED) is 0.739. The third kappa shape index (κ3) is 3.77. The number of hydrogen-bond acceptors (Lipinski definition) is 6. The van der Waals surface area contributed by atoms with Crippen molar-refractivity contribution in [2.24, 2.45) is 0 Å². The van der Waals surface area contributed by atoms with E-state index < -0.39 is 0 Å². The van der Waals surface area contributed by atoms with E-state index in [2.05, 4.69) is 31.7 Å². The topological polar surface area (TPSA) is 85.6 Å². The molecule has 2 aliphatic rings. The minimum absolute atomic E-state index is 0.0382. The molecule has 0 saturated heterocycles. The molecule has 3 aromatic rings. The smallest absolute Gasteiger partial charge is 0.267 e. The molecular weight excluding hydrogens is 364 g/mol. The van der Waals surface area contributed by atoms with E-state index in [1.54, 1.807) is 29.2 Å². The first-order chi connectivity index (χ1) is 14.3. The fourth-order valence-corrected chi connectivity index (χ4v) is 4.44. The van der Waals surface area contributed by atoms with Crippen LogP contribution in [0, 0.1) is 0 Å². The summed E-state index contributed by atoms with van der Waals surface area (Å²) < 4.78 is 1.67. The Labute approximate surface area is 169 Å². The normalized spacial score (nSPS) is 21.0. The number of aryl methyl sites for hydroxylation is 2. The first-order valence-corrected chi connectivity index (χ1v) is 10.4. The molecule has 0 spiro atoms. The lowest BCUT2D eigenvalue weighted by Gasteiger charge is -2.30. The second-order valence-electron chi connectivity index (χ2n) is 7.94. The van der Waals surface area contributed by atoms with Gasteiger partial charge in [0.25, 0.3) is 5.56 Å². The summed E-state index contributed by atoms with van der Waals surface area (Å²) in [5.41, 5.74) is 4.22. The van der Waals surface area contributed by atoms with Crippen molar-refractivity contribution < 1.29 is 0 Å². The number of pyridine rings is 1. The molecule has 0 radical (unpaired) electrons. The molecule has 3 aromatic heterocycles. The highest BCUT2D eigenvalue weighted by Crippen LogP contribution is 2.30. The molecule has 29 heavy (non-hydrogen) atoms. The number of aromatic nitrogens is 5. The molecule has 1 saturated carbocycles. The Morgan fingerprint density at radius 3 is 2.62 bits per heavy atom. The number of rotatable bonds is 4. The molecule has 148 valence electrons. The van der Waals surface area contributed by atoms with Gasteiger partial charge < -0.3 is 5.32 Å². The lowest BCUT2D eigenvalue weighted by atomic mass is 9.91. The number of nitrogens with zero attached hydrogens (tertiary/aromatic N) is 5. The fourth-order valence-electron chi connectivity index (χ4n) is 4.44. The van der Waals surface area contributed by atoms with Crippen LogP contribution in [0.1, 0.15) is 49.4 Å². The summed E-state index contributed by atoms with van der Waals surface area (Å²) in [6.07, 6.45) is 10.6. The van der Waals surface area contributed by atoms with Crippen molar-refractivity contribution in [2.45, 2.75) is 57.0 Å². The summed E-state index contributed by atoms with van der Waals surface area (Å²) >= 11 is 0. The van der Waals surface area contributed by atoms with Crippen molar-refractivity contribution >= 4 is 5.82 Å². The minimum Gasteiger partial charge on any atom is -0.366 e. The Hall–Kier alpha value is -3.09. The molecule has 0 amide bonds. The summed E-state index contributed by atoms with van der Waals surface area (Å²) in [6.45, 7) is 0. The molecule has 0 aliphatic heterocycles. The van der Waals surface area contributed by atoms with Gasteiger partial charge in [-0.1, -0.05) is 0 Å². The standard InChI is InChI=1S/C22H24N6O/c29-22-9-8-20(15-10-12-23-13-11-15)27-28(22)18-6-4-17(5-7-18)24-21-14-16-2-1-3-19(16)25-26-21/h8-14,17-18H,1-7H2,(H,24,26). The lowest BCUT2D eigenvalue weighted by molar-refractivity contribution is 0.304. The van der Waals surface area contributed by atoms with Crippen molar-refractivity contribution in [3.8, 4) is 11.3 Å². The lowest BCUT2D eigenvalue weighted by Crippen LogP contribution is -2.33. The van der Waals surface area contributed by atoms with Crippen molar-refractivity contribution in [3.63, 3.8) is 0 Å². The van der Waals surface area contributed by atoms with Crippen LogP contribution in [0.4, 0.5) is 5.82 Å². The Balaban J connectivity index is 1.26. The molecule has 0 atom stereocenters. The van der Waals surface area contributed by atoms with E-state index in [1.165, 1.54) is 12.0 Å². The van der Waals surface area contributed by atoms with Crippen molar-refractivity contribution in [3.05, 3.63) is 64.3 Å². The molecule has 0 bridgehead atoms. The van der Waals surface area contributed by atoms with Crippen LogP contribution in [0.15, 0.2) is 47.5 Å². The Bertz CT molecular complexity index is 1060. The van der Waals surface area contributed by atoms with Crippen LogP contribution in [0.5, 0.6) is 0 Å². The zero-order chi connectivity index (χ0) is 19.6. The van der Waals surface area contributed by atoms with E-state index in [0.29, 0.717) is 6.04 Å². The summed E-state index contributed by atoms with van der Waals surface area (Å²) in [4.78, 5) is 16.5. The average molecular weight is 388 g/mol. The van der Waals surface area contributed by atoms with Gasteiger partial charge in [-0.3, -0.25) is 9.78 Å². The van der Waals surface area contributed by atoms with Gasteiger partial charge in [0.1, 0.15) is 5.82 Å². The van der Waals surface area contributed by atoms with Crippen LogP contribution in [0.2, 0.25) is 0 Å². The van der Waals surface area contributed by atoms with Crippen LogP contribution >= 0.6 is 0 Å². The predicted octanol–water partition coefficient (Wildman–Crippen LogP) is 3.18. The summed E-state index contributed by atoms with van der Waals surface area (Å²) in [6, 6.07) is 9.88. The van der Waals surface area contributed by atoms with Crippen LogP contribution < -0.4 is 10.9 Å². The molecule has 5 rings (SSSR count). The van der Waals surface area contributed by atoms with Crippen molar-refractivity contribution in [1.82, 2.24) is 25.0 Å². The number of hydrogen-bond donors (Lipinski definition) is 1. The highest BCUT2D eigenvalue weighted by Gasteiger charge is 2.25. The number of fused-ring (bicyclic) bond motifs is 1. The van der Waals surface area contributed by atoms with E-state index in [9.17, 15) is 4.79 Å². The van der Waals surface area contributed by atoms with E-state index in [4.69, 9.17) is 0 Å². The highest BCUT2D eigenvalue weighted by molar-refractivity contribution is 5.57. The molecular formula is C22H24N6O. The van der Waals surface area contributed by atoms with Gasteiger partial charge >= 0.3 is 0 Å². The van der Waals surface area contributed by atoms with Crippen LogP contribution in [0.25, 0.3) is 11.3 Å². The summed E-state index contributed by atoms with van der Waals surface area (Å²) in [5.74, 6) is 0.879. The number of nitrogens with one attached hydrogen (secondary N) is 1. The van der Waals surface area contributed by atoms with E-state index in [1.807, 2.05) is 12.1 Å². The zero-order valence-electron chi connectivity index (χ0n) is 16.3. The average Bonchev–Trinajstić information content (AvgIpc) is 3.23. The van der Waals surface area contributed by atoms with Gasteiger partial charge in [-0.25, -0.2) is 4.68 Å². The monoisotopic (exact) mass is 388 g/mol. The minimum atomic E-state index is -0.0382. The predicted molar refractivity (Wildman–Crippen MR) is 111 cm³/mol. The van der Waals surface area contributed by atoms with Gasteiger partial charge in [-0.15, -0.1) is 5.10 Å². The molecule has 0 aromatic carbocycles. The third-order valence-corrected chi connectivity index (χ3v) is 6.02. The Morgan fingerprint density at radius 2 is 1.79 bits per heavy atom. The van der Waals surface area contributed by atoms with Gasteiger partial charge in [0, 0.05) is 30.1 Å². The maximum Gasteiger partial charge on any atom is 0.267 e. The largest absolute Gasteiger partial charge is 0.366 e. The van der Waals surface area contributed by atoms with Gasteiger partial charge in [0.05, 0.1) is 17.4 Å². The highest BCUT2D eigenvalue weighted by atomic mass is 16.1. The maximum atomic E-state index is 12.4. The van der Waals surface area contributed by atoms with Crippen molar-refractivity contribution in [2.75, 3.05) is 5.32 Å². The molecule has 2 aliphatic carbocycles. The Kier molecular flexibility index (Phi) is 4.79. The van der Waals surface area contributed by atoms with Gasteiger partial charge in [0.15, 0.2) is 0 Å². The maximum absolute atomic E-state index is 12.4. The summed E-state index contributed by atoms with van der Waals surface area (Å²) in [7, 11) is 0. The second-order valence-corrected chi connectivity index (χ2v) is 7.94. The Morgan fingerprint density at radius 1 is 0.966 bits per heavy atom. The first kappa shape index (κ1) is 18.0. The molecule has 7 heteroatoms. The van der Waals surface area contributed by atoms with Crippen molar-refractivity contribution in [1.29, 1.82) is 0 Å². The second kappa shape index (κ2) is 7.73. The zero-order valence-corrected chi connectivity index (χ0v) is 16.3. The van der Waals surface area contributed by atoms with Gasteiger partial charge in [-0.2, -0.15) is 10.2 Å². The molecule has 1 fully saturated rings. The molecule has 0 unspecified atom stereocenters. The number of anilines is 1. The fraction of sp³-hybridized carbons (Fsp3) is 0.409. The van der Waals surface area contributed by atoms with E-state index in [-0.39, 0.29) is 11.6 Å². The first-order valence-electron chi connectivity index (χ1n) is 10.4. The van der Waals surface area contributed by atoms with Crippen LogP contribution in [0.3, 0.4) is 0 Å². The van der Waals surface area contributed by atoms with E-state index >= 15 is 0 Å². The van der Waals surface area contributed by atoms with E-state index in [0.717, 1.165) is 61.3 Å². The molecule has 3 heterocycles. The summed E-state index contributed by atoms with van der Waals surface area (Å²) in [5, 5.41) is 16.9. The SMILES string of the molecule is O=c1ccc(-c2ccncc2)nn1C1CCC(Nc2cc3c(nn2)CCC3)CC1. The molecule has 1 N–H and O–H groups in total.